The molecule has 0 aromatic carbocycles. The molecule has 1 aromatic heterocycles. The number of pyridine rings is 1. The van der Waals surface area contributed by atoms with Gasteiger partial charge < -0.3 is 11.1 Å². The van der Waals surface area contributed by atoms with Gasteiger partial charge in [0, 0.05) is 12.7 Å². The zero-order chi connectivity index (χ0) is 11.3. The Hall–Kier alpha value is -1.89. The third-order valence-electron chi connectivity index (χ3n) is 1.45. The van der Waals surface area contributed by atoms with Crippen molar-refractivity contribution < 1.29 is 5.03 Å². The van der Waals surface area contributed by atoms with Gasteiger partial charge in [0.25, 0.3) is 5.96 Å². The van der Waals surface area contributed by atoms with Crippen molar-refractivity contribution in [1.29, 1.82) is 0 Å². The number of hydrogen-bond acceptors (Lipinski definition) is 3. The largest absolute Gasteiger partial charge is 0.365 e. The molecule has 3 N–H and O–H groups in total. The summed E-state index contributed by atoms with van der Waals surface area (Å²) in [5, 5.41) is 14.9. The van der Waals surface area contributed by atoms with Crippen molar-refractivity contribution in [2.24, 2.45) is 10.8 Å². The van der Waals surface area contributed by atoms with Crippen molar-refractivity contribution in [2.45, 2.75) is 6.54 Å². The summed E-state index contributed by atoms with van der Waals surface area (Å²) in [4.78, 5) is 13.8. The third-order valence-corrected chi connectivity index (χ3v) is 1.68. The van der Waals surface area contributed by atoms with E-state index in [0.29, 0.717) is 11.7 Å². The van der Waals surface area contributed by atoms with Gasteiger partial charge in [-0.05, 0) is 11.6 Å². The minimum Gasteiger partial charge on any atom is -0.365 e. The summed E-state index contributed by atoms with van der Waals surface area (Å²) in [7, 11) is 0. The quantitative estimate of drug-likeness (QED) is 0.255. The second-order valence-corrected chi connectivity index (χ2v) is 2.95. The molecule has 1 aromatic rings. The molecule has 8 heteroatoms. The van der Waals surface area contributed by atoms with Crippen LogP contribution in [0, 0.1) is 10.1 Å². The van der Waals surface area contributed by atoms with E-state index in [4.69, 9.17) is 17.3 Å². The van der Waals surface area contributed by atoms with Crippen molar-refractivity contribution in [3.63, 3.8) is 0 Å². The minimum absolute atomic E-state index is 0.255. The topological polar surface area (TPSA) is 106 Å². The maximum Gasteiger partial charge on any atom is 0.266 e. The Kier molecular flexibility index (Phi) is 3.81. The third kappa shape index (κ3) is 4.23. The summed E-state index contributed by atoms with van der Waals surface area (Å²) in [5.74, 6) is -0.255. The Morgan fingerprint density at radius 3 is 3.00 bits per heavy atom. The summed E-state index contributed by atoms with van der Waals surface area (Å²) in [5.41, 5.74) is 6.00. The monoisotopic (exact) mass is 229 g/mol. The number of nitrogens with one attached hydrogen (secondary N) is 1. The van der Waals surface area contributed by atoms with Crippen molar-refractivity contribution in [1.82, 2.24) is 10.3 Å². The zero-order valence-corrected chi connectivity index (χ0v) is 8.31. The summed E-state index contributed by atoms with van der Waals surface area (Å²) >= 11 is 5.57. The number of nitrogens with zero attached hydrogens (tertiary/aromatic N) is 3. The molecule has 1 heterocycles. The summed E-state index contributed by atoms with van der Waals surface area (Å²) in [6.07, 6.45) is 1.54. The molecular weight excluding hydrogens is 222 g/mol. The van der Waals surface area contributed by atoms with E-state index < -0.39 is 5.03 Å². The lowest BCUT2D eigenvalue weighted by Gasteiger charge is -2.02. The molecular formula is C7H8ClN5O2. The normalized spacial score (nSPS) is 11.1. The highest BCUT2D eigenvalue weighted by Gasteiger charge is 1.99. The number of hydrogen-bond donors (Lipinski definition) is 2. The predicted molar refractivity (Wildman–Crippen MR) is 54.7 cm³/mol. The molecule has 0 unspecified atom stereocenters. The average Bonchev–Trinajstić information content (AvgIpc) is 2.16. The lowest BCUT2D eigenvalue weighted by molar-refractivity contribution is -0.485. The van der Waals surface area contributed by atoms with Gasteiger partial charge in [0.1, 0.15) is 10.3 Å². The van der Waals surface area contributed by atoms with E-state index >= 15 is 0 Å². The molecule has 15 heavy (non-hydrogen) atoms. The molecule has 0 bridgehead atoms. The van der Waals surface area contributed by atoms with Gasteiger partial charge in [-0.1, -0.05) is 17.7 Å². The summed E-state index contributed by atoms with van der Waals surface area (Å²) < 4.78 is 0. The fourth-order valence-corrected chi connectivity index (χ4v) is 0.939. The van der Waals surface area contributed by atoms with Gasteiger partial charge in [0.2, 0.25) is 0 Å². The molecule has 0 saturated carbocycles. The number of aromatic nitrogens is 1. The second-order valence-electron chi connectivity index (χ2n) is 2.57. The molecule has 0 spiro atoms. The van der Waals surface area contributed by atoms with Crippen LogP contribution in [0.2, 0.25) is 5.15 Å². The Labute approximate surface area is 90.1 Å². The SMILES string of the molecule is N/C(=N\[N+](=O)[O-])NCc1ccc(Cl)nc1. The number of rotatable bonds is 3. The molecule has 0 atom stereocenters. The van der Waals surface area contributed by atoms with Crippen LogP contribution < -0.4 is 11.1 Å². The minimum atomic E-state index is -0.873. The van der Waals surface area contributed by atoms with Crippen LogP contribution in [0.3, 0.4) is 0 Å². The van der Waals surface area contributed by atoms with Crippen molar-refractivity contribution in [3.8, 4) is 0 Å². The van der Waals surface area contributed by atoms with Gasteiger partial charge in [-0.15, -0.1) is 0 Å². The molecule has 7 nitrogen and oxygen atoms in total. The molecule has 0 radical (unpaired) electrons. The molecule has 0 aliphatic carbocycles. The maximum atomic E-state index is 9.93. The average molecular weight is 230 g/mol. The van der Waals surface area contributed by atoms with E-state index in [1.165, 1.54) is 6.20 Å². The van der Waals surface area contributed by atoms with E-state index in [2.05, 4.69) is 15.4 Å². The van der Waals surface area contributed by atoms with E-state index in [1.54, 1.807) is 12.1 Å². The lowest BCUT2D eigenvalue weighted by atomic mass is 10.3. The first-order valence-corrected chi connectivity index (χ1v) is 4.28. The maximum absolute atomic E-state index is 9.93. The van der Waals surface area contributed by atoms with Crippen LogP contribution in [-0.4, -0.2) is 16.0 Å². The van der Waals surface area contributed by atoms with E-state index in [1.807, 2.05) is 0 Å². The standard InChI is InChI=1S/C7H8ClN5O2/c8-6-2-1-5(3-10-6)4-11-7(9)12-13(14)15/h1-3H,4H2,(H3,9,11,12). The van der Waals surface area contributed by atoms with E-state index in [0.717, 1.165) is 5.56 Å². The highest BCUT2D eigenvalue weighted by atomic mass is 35.5. The number of nitrogens with two attached hydrogens (primary N) is 1. The van der Waals surface area contributed by atoms with Crippen molar-refractivity contribution in [2.75, 3.05) is 0 Å². The Balaban J connectivity index is 2.50. The smallest absolute Gasteiger partial charge is 0.266 e. The summed E-state index contributed by atoms with van der Waals surface area (Å²) in [6, 6.07) is 3.33. The highest BCUT2D eigenvalue weighted by Crippen LogP contribution is 2.04. The summed E-state index contributed by atoms with van der Waals surface area (Å²) in [6.45, 7) is 0.299. The first-order chi connectivity index (χ1) is 7.08. The van der Waals surface area contributed by atoms with Crippen LogP contribution in [0.1, 0.15) is 5.56 Å². The van der Waals surface area contributed by atoms with Crippen LogP contribution in [0.25, 0.3) is 0 Å². The van der Waals surface area contributed by atoms with Gasteiger partial charge in [-0.3, -0.25) is 0 Å². The number of nitro groups is 1. The van der Waals surface area contributed by atoms with Gasteiger partial charge in [0.15, 0.2) is 5.03 Å². The van der Waals surface area contributed by atoms with Gasteiger partial charge >= 0.3 is 0 Å². The Morgan fingerprint density at radius 1 is 1.73 bits per heavy atom. The number of hydrazone groups is 1. The molecule has 80 valence electrons. The molecule has 0 aliphatic heterocycles. The van der Waals surface area contributed by atoms with Gasteiger partial charge in [-0.2, -0.15) is 0 Å². The van der Waals surface area contributed by atoms with Gasteiger partial charge in [-0.25, -0.2) is 15.1 Å². The van der Waals surface area contributed by atoms with E-state index in [9.17, 15) is 10.1 Å². The molecule has 0 saturated heterocycles. The molecule has 0 fully saturated rings. The molecule has 0 amide bonds. The second kappa shape index (κ2) is 5.11. The number of halogens is 1. The van der Waals surface area contributed by atoms with Crippen molar-refractivity contribution >= 4 is 17.6 Å². The first kappa shape index (κ1) is 11.2. The highest BCUT2D eigenvalue weighted by molar-refractivity contribution is 6.29. The lowest BCUT2D eigenvalue weighted by Crippen LogP contribution is -2.31. The fourth-order valence-electron chi connectivity index (χ4n) is 0.827. The Bertz CT molecular complexity index is 377. The van der Waals surface area contributed by atoms with Crippen molar-refractivity contribution in [3.05, 3.63) is 39.2 Å². The van der Waals surface area contributed by atoms with Crippen LogP contribution >= 0.6 is 11.6 Å². The predicted octanol–water partition coefficient (Wildman–Crippen LogP) is 0.331. The van der Waals surface area contributed by atoms with E-state index in [-0.39, 0.29) is 5.96 Å². The van der Waals surface area contributed by atoms with Crippen LogP contribution in [0.5, 0.6) is 0 Å². The fraction of sp³-hybridized carbons (Fsp3) is 0.143. The van der Waals surface area contributed by atoms with Crippen LogP contribution in [-0.2, 0) is 6.54 Å². The van der Waals surface area contributed by atoms with Crippen LogP contribution in [0.4, 0.5) is 0 Å². The van der Waals surface area contributed by atoms with Crippen LogP contribution in [0.15, 0.2) is 23.4 Å². The molecule has 1 rings (SSSR count). The number of guanidine groups is 1. The molecule has 0 aliphatic rings. The first-order valence-electron chi connectivity index (χ1n) is 3.90. The van der Waals surface area contributed by atoms with Gasteiger partial charge in [0.05, 0.1) is 0 Å². The Morgan fingerprint density at radius 2 is 2.47 bits per heavy atom. The zero-order valence-electron chi connectivity index (χ0n) is 7.55.